The first-order chi connectivity index (χ1) is 23.1. The molecule has 5 saturated carbocycles. The highest BCUT2D eigenvalue weighted by Crippen LogP contribution is 2.89. The molecule has 8 nitrogen and oxygen atoms in total. The van der Waals surface area contributed by atoms with Crippen molar-refractivity contribution in [2.75, 3.05) is 39.5 Å². The third kappa shape index (κ3) is 5.03. The van der Waals surface area contributed by atoms with E-state index in [2.05, 4.69) is 39.5 Å². The molecule has 49 heavy (non-hydrogen) atoms. The molecule has 14 atom stereocenters. The van der Waals surface area contributed by atoms with Gasteiger partial charge in [0.05, 0.1) is 36.6 Å². The number of fused-ring (bicyclic) bond motifs is 4. The molecule has 3 saturated heterocycles. The Balaban J connectivity index is 1.01. The fourth-order valence-electron chi connectivity index (χ4n) is 15.0. The summed E-state index contributed by atoms with van der Waals surface area (Å²) in [5.41, 5.74) is -0.441. The molecule has 8 rings (SSSR count). The molecule has 8 fully saturated rings. The molecule has 8 aliphatic rings. The number of aliphatic hydroxyl groups excluding tert-OH is 1. The highest BCUT2D eigenvalue weighted by molar-refractivity contribution is 5.33. The molecule has 280 valence electrons. The van der Waals surface area contributed by atoms with Gasteiger partial charge < -0.3 is 33.9 Å². The zero-order valence-corrected chi connectivity index (χ0v) is 32.0. The summed E-state index contributed by atoms with van der Waals surface area (Å²) in [6, 6.07) is 0.591. The summed E-state index contributed by atoms with van der Waals surface area (Å²) in [6.45, 7) is 22.9. The van der Waals surface area contributed by atoms with E-state index in [0.29, 0.717) is 47.2 Å². The lowest BCUT2D eigenvalue weighted by Gasteiger charge is -2.64. The topological polar surface area (TPSA) is 89.9 Å². The average Bonchev–Trinajstić information content (AvgIpc) is 3.69. The second-order valence-corrected chi connectivity index (χ2v) is 19.8. The molecule has 0 radical (unpaired) electrons. The number of hydrogen-bond acceptors (Lipinski definition) is 8. The Labute approximate surface area is 296 Å². The van der Waals surface area contributed by atoms with Gasteiger partial charge in [-0.2, -0.15) is 0 Å². The van der Waals surface area contributed by atoms with Crippen molar-refractivity contribution >= 4 is 0 Å². The number of nitrogens with zero attached hydrogens (tertiary/aromatic N) is 1. The fourth-order valence-corrected chi connectivity index (χ4v) is 15.0. The van der Waals surface area contributed by atoms with E-state index in [0.717, 1.165) is 58.6 Å². The molecule has 8 heteroatoms. The van der Waals surface area contributed by atoms with Crippen LogP contribution in [0.25, 0.3) is 0 Å². The van der Waals surface area contributed by atoms with Gasteiger partial charge in [0.2, 0.25) is 0 Å². The molecule has 0 aromatic heterocycles. The van der Waals surface area contributed by atoms with Gasteiger partial charge in [-0.3, -0.25) is 4.90 Å². The number of rotatable bonds is 7. The van der Waals surface area contributed by atoms with E-state index >= 15 is 0 Å². The van der Waals surface area contributed by atoms with Crippen molar-refractivity contribution in [3.05, 3.63) is 0 Å². The van der Waals surface area contributed by atoms with E-state index < -0.39 is 17.8 Å². The first-order valence-electron chi connectivity index (χ1n) is 20.4. The van der Waals surface area contributed by atoms with E-state index in [1.54, 1.807) is 0 Å². The summed E-state index contributed by atoms with van der Waals surface area (Å²) < 4.78 is 32.1. The first kappa shape index (κ1) is 35.7. The predicted octanol–water partition coefficient (Wildman–Crippen LogP) is 6.20. The molecular formula is C41H69NO7. The van der Waals surface area contributed by atoms with Crippen LogP contribution >= 0.6 is 0 Å². The Morgan fingerprint density at radius 1 is 0.939 bits per heavy atom. The first-order valence-corrected chi connectivity index (χ1v) is 20.4. The summed E-state index contributed by atoms with van der Waals surface area (Å²) in [5, 5.41) is 23.7. The number of aliphatic hydroxyl groups is 2. The maximum Gasteiger partial charge on any atom is 0.170 e. The molecule has 5 aliphatic carbocycles. The van der Waals surface area contributed by atoms with Gasteiger partial charge in [0.15, 0.2) is 6.29 Å². The standard InChI is InChI=1S/C41H69NO7/c1-9-46-35(37(5,6)44)27-22-25(2)32-33(48-27)34(43)39(8)29-11-10-28-36(3,4)30(12-15-40(28)24-41(29,40)17-16-38(32,39)7)49-31-23-42(18-21-47-31)26-13-19-45-20-14-26/h25-35,43-44H,9-24H2,1-8H3/t25-,27?,28+,29?,30?,31+,32+,33?,34+,35+,38-,39-,40-,41+/m1/s1. The molecule has 0 bridgehead atoms. The van der Waals surface area contributed by atoms with Gasteiger partial charge in [-0.1, -0.05) is 34.6 Å². The van der Waals surface area contributed by atoms with Crippen molar-refractivity contribution in [2.24, 2.45) is 50.7 Å². The minimum Gasteiger partial charge on any atom is -0.390 e. The van der Waals surface area contributed by atoms with E-state index in [1.165, 1.54) is 38.5 Å². The van der Waals surface area contributed by atoms with Crippen LogP contribution < -0.4 is 0 Å². The lowest BCUT2D eigenvalue weighted by Crippen LogP contribution is -2.60. The van der Waals surface area contributed by atoms with Crippen molar-refractivity contribution in [2.45, 2.75) is 168 Å². The highest BCUT2D eigenvalue weighted by atomic mass is 16.7. The summed E-state index contributed by atoms with van der Waals surface area (Å²) >= 11 is 0. The molecule has 4 unspecified atom stereocenters. The van der Waals surface area contributed by atoms with E-state index in [4.69, 9.17) is 23.7 Å². The summed E-state index contributed by atoms with van der Waals surface area (Å²) in [5.74, 6) is 1.85. The molecule has 2 N–H and O–H groups in total. The van der Waals surface area contributed by atoms with Gasteiger partial charge in [0.1, 0.15) is 6.10 Å². The SMILES string of the molecule is CCO[C@@H](C1C[C@@H](C)[C@H]2C(O1)[C@H](O)[C@@]1(C)C3CC[C@H]4C(C)(C)C(O[C@H]5CN(C6CCOCC6)CCO5)CC[C@@]45C[C@@]35CC[C@]21C)C(C)(C)O. The monoisotopic (exact) mass is 688 g/mol. The van der Waals surface area contributed by atoms with Gasteiger partial charge in [-0.05, 0) is 130 Å². The third-order valence-corrected chi connectivity index (χ3v) is 17.2. The molecule has 0 aromatic carbocycles. The lowest BCUT2D eigenvalue weighted by atomic mass is 9.41. The van der Waals surface area contributed by atoms with Crippen LogP contribution in [0.15, 0.2) is 0 Å². The number of ether oxygens (including phenoxy) is 5. The van der Waals surface area contributed by atoms with Gasteiger partial charge in [0, 0.05) is 44.4 Å². The molecule has 0 aromatic rings. The average molecular weight is 688 g/mol. The summed E-state index contributed by atoms with van der Waals surface area (Å²) in [7, 11) is 0. The van der Waals surface area contributed by atoms with Crippen LogP contribution in [0.5, 0.6) is 0 Å². The summed E-state index contributed by atoms with van der Waals surface area (Å²) in [4.78, 5) is 2.60. The predicted molar refractivity (Wildman–Crippen MR) is 188 cm³/mol. The number of hydrogen-bond donors (Lipinski definition) is 2. The van der Waals surface area contributed by atoms with Crippen LogP contribution in [0.2, 0.25) is 0 Å². The normalized spacial score (nSPS) is 51.9. The Kier molecular flexibility index (Phi) is 8.81. The van der Waals surface area contributed by atoms with Crippen LogP contribution in [-0.2, 0) is 23.7 Å². The van der Waals surface area contributed by atoms with Crippen LogP contribution in [0.3, 0.4) is 0 Å². The van der Waals surface area contributed by atoms with Gasteiger partial charge in [0.25, 0.3) is 0 Å². The van der Waals surface area contributed by atoms with E-state index in [-0.39, 0.29) is 40.8 Å². The van der Waals surface area contributed by atoms with E-state index in [9.17, 15) is 10.2 Å². The van der Waals surface area contributed by atoms with E-state index in [1.807, 2.05) is 20.8 Å². The molecule has 2 spiro atoms. The minimum absolute atomic E-state index is 0.0222. The second kappa shape index (κ2) is 12.1. The Hall–Kier alpha value is -0.320. The Morgan fingerprint density at radius 3 is 2.37 bits per heavy atom. The maximum atomic E-state index is 12.6. The van der Waals surface area contributed by atoms with Crippen molar-refractivity contribution < 1.29 is 33.9 Å². The largest absolute Gasteiger partial charge is 0.390 e. The summed E-state index contributed by atoms with van der Waals surface area (Å²) in [6.07, 6.45) is 10.3. The lowest BCUT2D eigenvalue weighted by molar-refractivity contribution is -0.252. The minimum atomic E-state index is -1.01. The zero-order chi connectivity index (χ0) is 34.8. The van der Waals surface area contributed by atoms with Gasteiger partial charge >= 0.3 is 0 Å². The van der Waals surface area contributed by atoms with Crippen molar-refractivity contribution in [1.82, 2.24) is 4.90 Å². The molecule has 0 amide bonds. The van der Waals surface area contributed by atoms with Crippen LogP contribution in [0.1, 0.15) is 120 Å². The Bertz CT molecular complexity index is 1230. The molecule has 3 heterocycles. The van der Waals surface area contributed by atoms with Gasteiger partial charge in [-0.15, -0.1) is 0 Å². The van der Waals surface area contributed by atoms with Gasteiger partial charge in [-0.25, -0.2) is 0 Å². The smallest absolute Gasteiger partial charge is 0.170 e. The van der Waals surface area contributed by atoms with Crippen LogP contribution in [-0.4, -0.2) is 103 Å². The molecular weight excluding hydrogens is 618 g/mol. The quantitative estimate of drug-likeness (QED) is 0.327. The Morgan fingerprint density at radius 2 is 1.65 bits per heavy atom. The zero-order valence-electron chi connectivity index (χ0n) is 32.0. The van der Waals surface area contributed by atoms with Crippen molar-refractivity contribution in [3.8, 4) is 0 Å². The van der Waals surface area contributed by atoms with Crippen LogP contribution in [0, 0.1) is 50.7 Å². The third-order valence-electron chi connectivity index (χ3n) is 17.2. The van der Waals surface area contributed by atoms with Crippen molar-refractivity contribution in [3.63, 3.8) is 0 Å². The highest BCUT2D eigenvalue weighted by Gasteiger charge is 2.84. The molecule has 3 aliphatic heterocycles. The second-order valence-electron chi connectivity index (χ2n) is 19.8. The van der Waals surface area contributed by atoms with Crippen molar-refractivity contribution in [1.29, 1.82) is 0 Å². The van der Waals surface area contributed by atoms with Crippen LogP contribution in [0.4, 0.5) is 0 Å². The fraction of sp³-hybridized carbons (Fsp3) is 1.00. The number of morpholine rings is 1. The maximum absolute atomic E-state index is 12.6.